The summed E-state index contributed by atoms with van der Waals surface area (Å²) in [5.41, 5.74) is -1.36. The third-order valence-electron chi connectivity index (χ3n) is 3.23. The van der Waals surface area contributed by atoms with Crippen molar-refractivity contribution in [2.24, 2.45) is 0 Å². The van der Waals surface area contributed by atoms with Gasteiger partial charge in [-0.25, -0.2) is 4.98 Å². The normalized spacial score (nSPS) is 29.3. The number of nitrogens with zero attached hydrogens (tertiary/aromatic N) is 4. The zero-order chi connectivity index (χ0) is 12.5. The first-order valence-electron chi connectivity index (χ1n) is 5.63. The zero-order valence-electron chi connectivity index (χ0n) is 9.94. The van der Waals surface area contributed by atoms with E-state index in [4.69, 9.17) is 4.74 Å². The quantitative estimate of drug-likeness (QED) is 0.572. The Labute approximate surface area is 99.1 Å². The van der Waals surface area contributed by atoms with E-state index in [0.717, 1.165) is 0 Å². The minimum absolute atomic E-state index is 0.305. The lowest BCUT2D eigenvalue weighted by atomic mass is 10.0. The fourth-order valence-corrected chi connectivity index (χ4v) is 2.32. The molecule has 1 fully saturated rings. The van der Waals surface area contributed by atoms with E-state index in [1.165, 1.54) is 6.92 Å². The molecule has 0 N–H and O–H groups in total. The highest BCUT2D eigenvalue weighted by molar-refractivity contribution is 5.03. The largest absolute Gasteiger partial charge is 0.343 e. The SMILES string of the molecule is CCC1N(n2ccnc2)CCOC1(C)[N+](=O)[O-]. The van der Waals surface area contributed by atoms with Crippen molar-refractivity contribution in [3.05, 3.63) is 28.8 Å². The average Bonchev–Trinajstić information content (AvgIpc) is 2.81. The molecule has 2 atom stereocenters. The van der Waals surface area contributed by atoms with Crippen LogP contribution in [0.5, 0.6) is 0 Å². The summed E-state index contributed by atoms with van der Waals surface area (Å²) in [4.78, 5) is 14.8. The molecule has 0 bridgehead atoms. The Balaban J connectivity index is 2.32. The van der Waals surface area contributed by atoms with Crippen LogP contribution in [-0.4, -0.2) is 39.5 Å². The van der Waals surface area contributed by atoms with Crippen LogP contribution in [0.15, 0.2) is 18.7 Å². The Kier molecular flexibility index (Phi) is 3.01. The number of ether oxygens (including phenoxy) is 1. The van der Waals surface area contributed by atoms with Crippen molar-refractivity contribution in [1.82, 2.24) is 9.66 Å². The number of morpholine rings is 1. The lowest BCUT2D eigenvalue weighted by Gasteiger charge is -2.42. The van der Waals surface area contributed by atoms with E-state index < -0.39 is 5.72 Å². The van der Waals surface area contributed by atoms with Crippen molar-refractivity contribution in [2.45, 2.75) is 32.0 Å². The summed E-state index contributed by atoms with van der Waals surface area (Å²) in [6, 6.07) is -0.305. The van der Waals surface area contributed by atoms with E-state index in [1.807, 2.05) is 11.9 Å². The molecule has 0 aliphatic carbocycles. The van der Waals surface area contributed by atoms with Crippen LogP contribution >= 0.6 is 0 Å². The lowest BCUT2D eigenvalue weighted by molar-refractivity contribution is -0.632. The molecule has 0 amide bonds. The third-order valence-corrected chi connectivity index (χ3v) is 3.23. The van der Waals surface area contributed by atoms with Crippen molar-refractivity contribution < 1.29 is 9.66 Å². The number of nitro groups is 1. The molecular formula is C10H16N4O3. The fourth-order valence-electron chi connectivity index (χ4n) is 2.32. The summed E-state index contributed by atoms with van der Waals surface area (Å²) in [6.07, 6.45) is 5.73. The number of imidazole rings is 1. The Bertz CT molecular complexity index is 394. The van der Waals surface area contributed by atoms with Gasteiger partial charge in [-0.1, -0.05) is 6.92 Å². The van der Waals surface area contributed by atoms with Gasteiger partial charge in [-0.05, 0) is 6.42 Å². The maximum Gasteiger partial charge on any atom is 0.343 e. The molecule has 0 saturated carbocycles. The number of hydrogen-bond donors (Lipinski definition) is 0. The van der Waals surface area contributed by atoms with E-state index in [9.17, 15) is 10.1 Å². The van der Waals surface area contributed by atoms with Crippen LogP contribution in [0.1, 0.15) is 20.3 Å². The van der Waals surface area contributed by atoms with E-state index >= 15 is 0 Å². The lowest BCUT2D eigenvalue weighted by Crippen LogP contribution is -2.64. The van der Waals surface area contributed by atoms with E-state index in [-0.39, 0.29) is 11.0 Å². The molecule has 2 unspecified atom stereocenters. The highest BCUT2D eigenvalue weighted by atomic mass is 16.7. The van der Waals surface area contributed by atoms with Gasteiger partial charge in [0.2, 0.25) is 0 Å². The predicted molar refractivity (Wildman–Crippen MR) is 60.7 cm³/mol. The molecule has 2 heterocycles. The second-order valence-corrected chi connectivity index (χ2v) is 4.19. The molecule has 1 aliphatic heterocycles. The second kappa shape index (κ2) is 4.33. The van der Waals surface area contributed by atoms with Gasteiger partial charge < -0.3 is 4.74 Å². The molecule has 0 aromatic carbocycles. The van der Waals surface area contributed by atoms with Crippen molar-refractivity contribution >= 4 is 0 Å². The summed E-state index contributed by atoms with van der Waals surface area (Å²) >= 11 is 0. The van der Waals surface area contributed by atoms with Crippen molar-refractivity contribution in [3.8, 4) is 0 Å². The summed E-state index contributed by atoms with van der Waals surface area (Å²) < 4.78 is 7.17. The predicted octanol–water partition coefficient (Wildman–Crippen LogP) is 0.623. The van der Waals surface area contributed by atoms with Gasteiger partial charge in [0.15, 0.2) is 0 Å². The topological polar surface area (TPSA) is 73.4 Å². The maximum absolute atomic E-state index is 11.2. The Morgan fingerprint density at radius 3 is 3.00 bits per heavy atom. The third kappa shape index (κ3) is 1.86. The van der Waals surface area contributed by atoms with Crippen molar-refractivity contribution in [2.75, 3.05) is 18.2 Å². The van der Waals surface area contributed by atoms with Crippen LogP contribution in [0, 0.1) is 10.1 Å². The highest BCUT2D eigenvalue weighted by Gasteiger charge is 2.52. The molecule has 1 saturated heterocycles. The van der Waals surface area contributed by atoms with Gasteiger partial charge in [0.1, 0.15) is 12.4 Å². The molecule has 17 heavy (non-hydrogen) atoms. The van der Waals surface area contributed by atoms with Gasteiger partial charge in [0, 0.05) is 19.3 Å². The summed E-state index contributed by atoms with van der Waals surface area (Å²) in [5, 5.41) is 13.1. The van der Waals surface area contributed by atoms with E-state index in [1.54, 1.807) is 23.4 Å². The van der Waals surface area contributed by atoms with Crippen molar-refractivity contribution in [3.63, 3.8) is 0 Å². The first kappa shape index (κ1) is 11.8. The molecule has 7 heteroatoms. The smallest absolute Gasteiger partial charge is 0.311 e. The Morgan fingerprint density at radius 1 is 1.71 bits per heavy atom. The van der Waals surface area contributed by atoms with E-state index in [2.05, 4.69) is 4.98 Å². The van der Waals surface area contributed by atoms with Gasteiger partial charge in [-0.3, -0.25) is 19.8 Å². The molecule has 2 rings (SSSR count). The van der Waals surface area contributed by atoms with Crippen LogP contribution < -0.4 is 5.01 Å². The van der Waals surface area contributed by atoms with Crippen molar-refractivity contribution in [1.29, 1.82) is 0 Å². The summed E-state index contributed by atoms with van der Waals surface area (Å²) in [6.45, 7) is 4.42. The average molecular weight is 240 g/mol. The first-order valence-corrected chi connectivity index (χ1v) is 5.63. The molecule has 7 nitrogen and oxygen atoms in total. The molecule has 0 radical (unpaired) electrons. The molecular weight excluding hydrogens is 224 g/mol. The summed E-state index contributed by atoms with van der Waals surface area (Å²) in [7, 11) is 0. The van der Waals surface area contributed by atoms with Crippen LogP contribution in [-0.2, 0) is 4.74 Å². The molecule has 1 aromatic rings. The fraction of sp³-hybridized carbons (Fsp3) is 0.700. The summed E-state index contributed by atoms with van der Waals surface area (Å²) in [5.74, 6) is 0. The van der Waals surface area contributed by atoms with Gasteiger partial charge in [0.05, 0.1) is 18.1 Å². The number of aromatic nitrogens is 2. The van der Waals surface area contributed by atoms with Gasteiger partial charge >= 0.3 is 5.72 Å². The molecule has 1 aromatic heterocycles. The van der Waals surface area contributed by atoms with Crippen LogP contribution in [0.2, 0.25) is 0 Å². The highest BCUT2D eigenvalue weighted by Crippen LogP contribution is 2.27. The van der Waals surface area contributed by atoms with Crippen LogP contribution in [0.3, 0.4) is 0 Å². The molecule has 94 valence electrons. The maximum atomic E-state index is 11.2. The molecule has 1 aliphatic rings. The van der Waals surface area contributed by atoms with Gasteiger partial charge in [0.25, 0.3) is 0 Å². The minimum atomic E-state index is -1.36. The second-order valence-electron chi connectivity index (χ2n) is 4.19. The van der Waals surface area contributed by atoms with Crippen LogP contribution in [0.4, 0.5) is 0 Å². The first-order chi connectivity index (χ1) is 8.09. The minimum Gasteiger partial charge on any atom is -0.311 e. The van der Waals surface area contributed by atoms with Gasteiger partial charge in [-0.15, -0.1) is 0 Å². The molecule has 0 spiro atoms. The monoisotopic (exact) mass is 240 g/mol. The standard InChI is InChI=1S/C10H16N4O3/c1-3-9-10(2,14(15)16)17-7-6-13(9)12-5-4-11-8-12/h4-5,8-9H,3,6-7H2,1-2H3. The van der Waals surface area contributed by atoms with Crippen LogP contribution in [0.25, 0.3) is 0 Å². The zero-order valence-corrected chi connectivity index (χ0v) is 9.94. The number of hydrogen-bond acceptors (Lipinski definition) is 5. The Hall–Kier alpha value is -1.63. The number of rotatable bonds is 3. The van der Waals surface area contributed by atoms with Gasteiger partial charge in [-0.2, -0.15) is 0 Å². The Morgan fingerprint density at radius 2 is 2.47 bits per heavy atom. The van der Waals surface area contributed by atoms with E-state index in [0.29, 0.717) is 19.6 Å².